The quantitative estimate of drug-likeness (QED) is 0.843. The Bertz CT molecular complexity index is 618. The summed E-state index contributed by atoms with van der Waals surface area (Å²) in [4.78, 5) is 26.9. The van der Waals surface area contributed by atoms with Crippen LogP contribution >= 0.6 is 12.4 Å². The number of hydrogen-bond acceptors (Lipinski definition) is 3. The van der Waals surface area contributed by atoms with Crippen LogP contribution in [0.2, 0.25) is 0 Å². The van der Waals surface area contributed by atoms with Crippen molar-refractivity contribution >= 4 is 29.9 Å². The van der Waals surface area contributed by atoms with Crippen molar-refractivity contribution in [3.05, 3.63) is 30.1 Å². The van der Waals surface area contributed by atoms with Gasteiger partial charge < -0.3 is 15.5 Å². The molecule has 2 fully saturated rings. The predicted octanol–water partition coefficient (Wildman–Crippen LogP) is 2.81. The van der Waals surface area contributed by atoms with Crippen LogP contribution in [0.3, 0.4) is 0 Å². The molecule has 2 saturated heterocycles. The van der Waals surface area contributed by atoms with Gasteiger partial charge in [0, 0.05) is 36.7 Å². The normalized spacial score (nSPS) is 23.8. The van der Waals surface area contributed by atoms with Crippen molar-refractivity contribution < 1.29 is 14.0 Å². The molecule has 2 amide bonds. The number of amides is 2. The minimum Gasteiger partial charge on any atom is -0.342 e. The smallest absolute Gasteiger partial charge is 0.227 e. The van der Waals surface area contributed by atoms with Crippen LogP contribution in [-0.4, -0.2) is 42.4 Å². The van der Waals surface area contributed by atoms with E-state index in [-0.39, 0.29) is 41.9 Å². The lowest BCUT2D eigenvalue weighted by atomic mass is 9.90. The van der Waals surface area contributed by atoms with Crippen molar-refractivity contribution in [3.8, 4) is 0 Å². The van der Waals surface area contributed by atoms with Gasteiger partial charge in [0.15, 0.2) is 0 Å². The number of nitrogens with one attached hydrogen (secondary N) is 2. The fourth-order valence-corrected chi connectivity index (χ4v) is 3.75. The minimum absolute atomic E-state index is 0. The van der Waals surface area contributed by atoms with Gasteiger partial charge in [-0.05, 0) is 63.4 Å². The Morgan fingerprint density at radius 1 is 1.12 bits per heavy atom. The van der Waals surface area contributed by atoms with Crippen LogP contribution < -0.4 is 10.6 Å². The Morgan fingerprint density at radius 2 is 1.77 bits per heavy atom. The van der Waals surface area contributed by atoms with E-state index < -0.39 is 0 Å². The molecule has 0 spiro atoms. The molecule has 0 unspecified atom stereocenters. The summed E-state index contributed by atoms with van der Waals surface area (Å²) in [6.07, 6.45) is 3.15. The van der Waals surface area contributed by atoms with Gasteiger partial charge in [0.25, 0.3) is 0 Å². The maximum atomic E-state index is 12.9. The largest absolute Gasteiger partial charge is 0.342 e. The second kappa shape index (κ2) is 9.33. The monoisotopic (exact) mass is 383 g/mol. The highest BCUT2D eigenvalue weighted by Gasteiger charge is 2.32. The van der Waals surface area contributed by atoms with Crippen LogP contribution in [0.4, 0.5) is 10.1 Å². The summed E-state index contributed by atoms with van der Waals surface area (Å²) < 4.78 is 12.9. The highest BCUT2D eigenvalue weighted by molar-refractivity contribution is 5.92. The van der Waals surface area contributed by atoms with Crippen molar-refractivity contribution in [1.82, 2.24) is 10.2 Å². The van der Waals surface area contributed by atoms with Crippen LogP contribution in [-0.2, 0) is 9.59 Å². The van der Waals surface area contributed by atoms with Crippen LogP contribution in [0.15, 0.2) is 24.3 Å². The molecule has 2 atom stereocenters. The molecule has 7 heteroatoms. The number of anilines is 1. The molecule has 2 N–H and O–H groups in total. The lowest BCUT2D eigenvalue weighted by Crippen LogP contribution is -2.47. The fourth-order valence-electron chi connectivity index (χ4n) is 3.75. The van der Waals surface area contributed by atoms with Crippen molar-refractivity contribution in [2.24, 2.45) is 11.8 Å². The average Bonchev–Trinajstić information content (AvgIpc) is 2.63. The Hall–Kier alpha value is -1.66. The number of hydrogen-bond donors (Lipinski definition) is 2. The molecule has 0 aliphatic carbocycles. The van der Waals surface area contributed by atoms with Crippen LogP contribution in [0.1, 0.15) is 32.6 Å². The SMILES string of the molecule is C[C@H]1C[C@@H](C(=O)N2CCC(C(=O)Nc3ccc(F)cc3)CC2)CCN1.Cl. The summed E-state index contributed by atoms with van der Waals surface area (Å²) >= 11 is 0. The molecule has 5 nitrogen and oxygen atoms in total. The molecule has 0 bridgehead atoms. The molecule has 26 heavy (non-hydrogen) atoms. The highest BCUT2D eigenvalue weighted by Crippen LogP contribution is 2.24. The number of carbonyl (C=O) groups is 2. The van der Waals surface area contributed by atoms with Gasteiger partial charge in [-0.15, -0.1) is 12.4 Å². The Morgan fingerprint density at radius 3 is 2.38 bits per heavy atom. The van der Waals surface area contributed by atoms with Gasteiger partial charge in [-0.3, -0.25) is 9.59 Å². The van der Waals surface area contributed by atoms with Gasteiger partial charge >= 0.3 is 0 Å². The first-order chi connectivity index (χ1) is 12.0. The number of carbonyl (C=O) groups excluding carboxylic acids is 2. The van der Waals surface area contributed by atoms with Gasteiger partial charge in [0.1, 0.15) is 5.82 Å². The standard InChI is InChI=1S/C19H26FN3O2.ClH/c1-13-12-15(6-9-21-13)19(25)23-10-7-14(8-11-23)18(24)22-17-4-2-16(20)3-5-17;/h2-5,13-15,21H,6-12H2,1H3,(H,22,24);1H/t13-,15-;/m0./s1. The first kappa shape index (κ1) is 20.6. The van der Waals surface area contributed by atoms with Crippen molar-refractivity contribution in [1.29, 1.82) is 0 Å². The van der Waals surface area contributed by atoms with Crippen molar-refractivity contribution in [3.63, 3.8) is 0 Å². The third-order valence-electron chi connectivity index (χ3n) is 5.26. The van der Waals surface area contributed by atoms with E-state index in [0.29, 0.717) is 37.7 Å². The van der Waals surface area contributed by atoms with E-state index in [1.165, 1.54) is 12.1 Å². The van der Waals surface area contributed by atoms with Crippen LogP contribution in [0.5, 0.6) is 0 Å². The van der Waals surface area contributed by atoms with Gasteiger partial charge in [0.2, 0.25) is 11.8 Å². The maximum absolute atomic E-state index is 12.9. The molecule has 2 aliphatic rings. The lowest BCUT2D eigenvalue weighted by molar-refractivity contribution is -0.139. The van der Waals surface area contributed by atoms with E-state index in [0.717, 1.165) is 19.4 Å². The topological polar surface area (TPSA) is 61.4 Å². The predicted molar refractivity (Wildman–Crippen MR) is 102 cm³/mol. The Labute approximate surface area is 160 Å². The minimum atomic E-state index is -0.322. The average molecular weight is 384 g/mol. The van der Waals surface area contributed by atoms with Crippen LogP contribution in [0, 0.1) is 17.7 Å². The summed E-state index contributed by atoms with van der Waals surface area (Å²) in [6.45, 7) is 4.29. The molecule has 1 aromatic carbocycles. The number of piperidine rings is 2. The molecule has 0 aromatic heterocycles. The van der Waals surface area contributed by atoms with E-state index in [2.05, 4.69) is 17.6 Å². The number of nitrogens with zero attached hydrogens (tertiary/aromatic N) is 1. The second-order valence-corrected chi connectivity index (χ2v) is 7.17. The molecule has 144 valence electrons. The van der Waals surface area contributed by atoms with E-state index in [1.54, 1.807) is 12.1 Å². The van der Waals surface area contributed by atoms with E-state index >= 15 is 0 Å². The summed E-state index contributed by atoms with van der Waals surface area (Å²) in [5.41, 5.74) is 0.605. The van der Waals surface area contributed by atoms with Crippen molar-refractivity contribution in [2.45, 2.75) is 38.6 Å². The molecule has 2 heterocycles. The molecular weight excluding hydrogens is 357 g/mol. The molecular formula is C19H27ClFN3O2. The maximum Gasteiger partial charge on any atom is 0.227 e. The van der Waals surface area contributed by atoms with Crippen molar-refractivity contribution in [2.75, 3.05) is 25.0 Å². The van der Waals surface area contributed by atoms with E-state index in [9.17, 15) is 14.0 Å². The summed E-state index contributed by atoms with van der Waals surface area (Å²) in [5.74, 6) is -0.112. The molecule has 1 aromatic rings. The van der Waals surface area contributed by atoms with Gasteiger partial charge in [-0.25, -0.2) is 4.39 Å². The summed E-state index contributed by atoms with van der Waals surface area (Å²) in [5, 5.41) is 6.21. The Balaban J connectivity index is 0.00000243. The van der Waals surface area contributed by atoms with E-state index in [1.807, 2.05) is 4.90 Å². The van der Waals surface area contributed by atoms with Gasteiger partial charge in [-0.1, -0.05) is 0 Å². The number of likely N-dealkylation sites (tertiary alicyclic amines) is 1. The number of benzene rings is 1. The summed E-state index contributed by atoms with van der Waals surface area (Å²) in [7, 11) is 0. The summed E-state index contributed by atoms with van der Waals surface area (Å²) in [6, 6.07) is 6.17. The zero-order valence-electron chi connectivity index (χ0n) is 15.0. The number of rotatable bonds is 3. The zero-order chi connectivity index (χ0) is 17.8. The molecule has 3 rings (SSSR count). The Kier molecular flexibility index (Phi) is 7.41. The third-order valence-corrected chi connectivity index (χ3v) is 5.26. The van der Waals surface area contributed by atoms with E-state index in [4.69, 9.17) is 0 Å². The van der Waals surface area contributed by atoms with Gasteiger partial charge in [0.05, 0.1) is 0 Å². The third kappa shape index (κ3) is 5.17. The second-order valence-electron chi connectivity index (χ2n) is 7.17. The zero-order valence-corrected chi connectivity index (χ0v) is 15.9. The first-order valence-corrected chi connectivity index (χ1v) is 9.11. The van der Waals surface area contributed by atoms with Crippen LogP contribution in [0.25, 0.3) is 0 Å². The fraction of sp³-hybridized carbons (Fsp3) is 0.579. The highest BCUT2D eigenvalue weighted by atomic mass is 35.5. The lowest BCUT2D eigenvalue weighted by Gasteiger charge is -2.36. The molecule has 0 saturated carbocycles. The first-order valence-electron chi connectivity index (χ1n) is 9.11. The molecule has 2 aliphatic heterocycles. The van der Waals surface area contributed by atoms with Gasteiger partial charge in [-0.2, -0.15) is 0 Å². The molecule has 0 radical (unpaired) electrons. The number of halogens is 2.